The molecule has 0 spiro atoms. The van der Waals surface area contributed by atoms with Gasteiger partial charge in [-0.05, 0) is 18.9 Å². The summed E-state index contributed by atoms with van der Waals surface area (Å²) in [4.78, 5) is 12.2. The summed E-state index contributed by atoms with van der Waals surface area (Å²) >= 11 is 0. The molecule has 1 aromatic carbocycles. The third-order valence-corrected chi connectivity index (χ3v) is 3.66. The summed E-state index contributed by atoms with van der Waals surface area (Å²) in [5.74, 6) is 0.707. The van der Waals surface area contributed by atoms with Gasteiger partial charge in [0.2, 0.25) is 5.91 Å². The number of carbonyl (C=O) groups is 1. The molecule has 110 valence electrons. The molecule has 3 atom stereocenters. The molecule has 0 bridgehead atoms. The van der Waals surface area contributed by atoms with Crippen molar-refractivity contribution in [2.75, 3.05) is 13.7 Å². The molecule has 1 heterocycles. The van der Waals surface area contributed by atoms with Crippen LogP contribution < -0.4 is 15.4 Å². The first-order valence-corrected chi connectivity index (χ1v) is 7.00. The lowest BCUT2D eigenvalue weighted by molar-refractivity contribution is -0.123. The molecule has 0 aliphatic carbocycles. The Morgan fingerprint density at radius 1 is 1.55 bits per heavy atom. The predicted molar refractivity (Wildman–Crippen MR) is 76.6 cm³/mol. The third-order valence-electron chi connectivity index (χ3n) is 3.66. The van der Waals surface area contributed by atoms with Crippen LogP contribution in [0.25, 0.3) is 0 Å². The minimum atomic E-state index is -0.433. The molecule has 0 aromatic heterocycles. The highest BCUT2D eigenvalue weighted by Gasteiger charge is 2.29. The van der Waals surface area contributed by atoms with Crippen LogP contribution in [0, 0.1) is 0 Å². The van der Waals surface area contributed by atoms with Gasteiger partial charge in [-0.25, -0.2) is 0 Å². The van der Waals surface area contributed by atoms with Crippen LogP contribution in [0.2, 0.25) is 0 Å². The highest BCUT2D eigenvalue weighted by atomic mass is 16.5. The molecule has 20 heavy (non-hydrogen) atoms. The maximum atomic E-state index is 12.2. The smallest absolute Gasteiger partial charge is 0.237 e. The van der Waals surface area contributed by atoms with Crippen LogP contribution in [0.4, 0.5) is 0 Å². The Morgan fingerprint density at radius 2 is 2.30 bits per heavy atom. The van der Waals surface area contributed by atoms with Crippen LogP contribution >= 0.6 is 0 Å². The number of hydrogen-bond donors (Lipinski definition) is 3. The number of methoxy groups -OCH3 is 1. The van der Waals surface area contributed by atoms with Gasteiger partial charge in [-0.1, -0.05) is 25.1 Å². The monoisotopic (exact) mass is 278 g/mol. The van der Waals surface area contributed by atoms with E-state index in [0.29, 0.717) is 13.0 Å². The first kappa shape index (κ1) is 14.8. The summed E-state index contributed by atoms with van der Waals surface area (Å²) in [6.45, 7) is 2.50. The molecule has 2 rings (SSSR count). The van der Waals surface area contributed by atoms with Crippen LogP contribution in [-0.4, -0.2) is 36.8 Å². The molecule has 0 saturated carbocycles. The molecule has 1 aliphatic heterocycles. The maximum absolute atomic E-state index is 12.2. The Hall–Kier alpha value is -1.59. The van der Waals surface area contributed by atoms with Crippen molar-refractivity contribution in [2.45, 2.75) is 38.0 Å². The molecule has 0 radical (unpaired) electrons. The second-order valence-electron chi connectivity index (χ2n) is 5.06. The fourth-order valence-electron chi connectivity index (χ4n) is 2.54. The SMILES string of the molecule is CCC(NC(=O)C1CC(O)CN1)c1ccccc1OC. The number of aliphatic hydroxyl groups excluding tert-OH is 1. The van der Waals surface area contributed by atoms with Gasteiger partial charge in [-0.15, -0.1) is 0 Å². The molecule has 1 aromatic rings. The standard InChI is InChI=1S/C15H22N2O3/c1-3-12(11-6-4-5-7-14(11)20-2)17-15(19)13-8-10(18)9-16-13/h4-7,10,12-13,16,18H,3,8-9H2,1-2H3,(H,17,19). The van der Waals surface area contributed by atoms with Crippen molar-refractivity contribution in [3.8, 4) is 5.75 Å². The highest BCUT2D eigenvalue weighted by Crippen LogP contribution is 2.27. The summed E-state index contributed by atoms with van der Waals surface area (Å²) in [5.41, 5.74) is 0.976. The summed E-state index contributed by atoms with van der Waals surface area (Å²) in [6, 6.07) is 7.30. The summed E-state index contributed by atoms with van der Waals surface area (Å²) in [6.07, 6.45) is 0.812. The van der Waals surface area contributed by atoms with E-state index < -0.39 is 6.10 Å². The van der Waals surface area contributed by atoms with Gasteiger partial charge in [0.15, 0.2) is 0 Å². The van der Waals surface area contributed by atoms with E-state index in [9.17, 15) is 9.90 Å². The summed E-state index contributed by atoms with van der Waals surface area (Å²) in [7, 11) is 1.63. The van der Waals surface area contributed by atoms with Gasteiger partial charge < -0.3 is 20.5 Å². The van der Waals surface area contributed by atoms with Gasteiger partial charge in [-0.3, -0.25) is 4.79 Å². The second kappa shape index (κ2) is 6.72. The number of para-hydroxylation sites is 1. The van der Waals surface area contributed by atoms with E-state index in [1.807, 2.05) is 31.2 Å². The predicted octanol–water partition coefficient (Wildman–Crippen LogP) is 0.985. The molecule has 5 heteroatoms. The number of carbonyl (C=O) groups excluding carboxylic acids is 1. The second-order valence-corrected chi connectivity index (χ2v) is 5.06. The van der Waals surface area contributed by atoms with Crippen LogP contribution in [0.15, 0.2) is 24.3 Å². The minimum Gasteiger partial charge on any atom is -0.496 e. The normalized spacial score (nSPS) is 23.4. The molecule has 3 unspecified atom stereocenters. The average Bonchev–Trinajstić information content (AvgIpc) is 2.91. The van der Waals surface area contributed by atoms with E-state index in [4.69, 9.17) is 4.74 Å². The lowest BCUT2D eigenvalue weighted by Crippen LogP contribution is -2.42. The Bertz CT molecular complexity index is 464. The molecule has 5 nitrogen and oxygen atoms in total. The van der Waals surface area contributed by atoms with E-state index in [2.05, 4.69) is 10.6 Å². The van der Waals surface area contributed by atoms with Crippen LogP contribution in [0.3, 0.4) is 0 Å². The topological polar surface area (TPSA) is 70.6 Å². The Kier molecular flexibility index (Phi) is 4.98. The number of ether oxygens (including phenoxy) is 1. The summed E-state index contributed by atoms with van der Waals surface area (Å²) in [5, 5.41) is 15.5. The first-order valence-electron chi connectivity index (χ1n) is 7.00. The molecule has 3 N–H and O–H groups in total. The van der Waals surface area contributed by atoms with Gasteiger partial charge in [0.25, 0.3) is 0 Å². The third kappa shape index (κ3) is 3.29. The highest BCUT2D eigenvalue weighted by molar-refractivity contribution is 5.82. The first-order chi connectivity index (χ1) is 9.65. The lowest BCUT2D eigenvalue weighted by atomic mass is 10.0. The number of hydrogen-bond acceptors (Lipinski definition) is 4. The fourth-order valence-corrected chi connectivity index (χ4v) is 2.54. The molecule has 1 amide bonds. The maximum Gasteiger partial charge on any atom is 0.237 e. The largest absolute Gasteiger partial charge is 0.496 e. The van der Waals surface area contributed by atoms with E-state index in [-0.39, 0.29) is 18.0 Å². The van der Waals surface area contributed by atoms with Crippen molar-refractivity contribution in [3.05, 3.63) is 29.8 Å². The van der Waals surface area contributed by atoms with Crippen LogP contribution in [0.1, 0.15) is 31.4 Å². The van der Waals surface area contributed by atoms with Gasteiger partial charge in [-0.2, -0.15) is 0 Å². The Balaban J connectivity index is 2.07. The minimum absolute atomic E-state index is 0.0701. The lowest BCUT2D eigenvalue weighted by Gasteiger charge is -2.21. The molecular formula is C15H22N2O3. The number of aliphatic hydroxyl groups is 1. The van der Waals surface area contributed by atoms with Crippen molar-refractivity contribution >= 4 is 5.91 Å². The number of amides is 1. The van der Waals surface area contributed by atoms with Crippen molar-refractivity contribution in [3.63, 3.8) is 0 Å². The number of nitrogens with one attached hydrogen (secondary N) is 2. The zero-order valence-electron chi connectivity index (χ0n) is 11.9. The van der Waals surface area contributed by atoms with Crippen LogP contribution in [0.5, 0.6) is 5.75 Å². The summed E-state index contributed by atoms with van der Waals surface area (Å²) < 4.78 is 5.35. The van der Waals surface area contributed by atoms with Gasteiger partial charge in [0.05, 0.1) is 25.3 Å². The van der Waals surface area contributed by atoms with Gasteiger partial charge >= 0.3 is 0 Å². The van der Waals surface area contributed by atoms with Crippen molar-refractivity contribution in [1.82, 2.24) is 10.6 Å². The quantitative estimate of drug-likeness (QED) is 0.751. The van der Waals surface area contributed by atoms with E-state index in [1.54, 1.807) is 7.11 Å². The van der Waals surface area contributed by atoms with E-state index in [1.165, 1.54) is 0 Å². The molecular weight excluding hydrogens is 256 g/mol. The van der Waals surface area contributed by atoms with E-state index in [0.717, 1.165) is 17.7 Å². The van der Waals surface area contributed by atoms with Gasteiger partial charge in [0, 0.05) is 12.1 Å². The van der Waals surface area contributed by atoms with Gasteiger partial charge in [0.1, 0.15) is 5.75 Å². The Morgan fingerprint density at radius 3 is 2.90 bits per heavy atom. The zero-order chi connectivity index (χ0) is 14.5. The number of benzene rings is 1. The molecule has 1 saturated heterocycles. The number of rotatable bonds is 5. The van der Waals surface area contributed by atoms with Crippen molar-refractivity contribution < 1.29 is 14.6 Å². The molecule has 1 fully saturated rings. The van der Waals surface area contributed by atoms with E-state index >= 15 is 0 Å². The number of β-amino-alcohol motifs (C(OH)–C–C–N with tert-alkyl or cyclic N) is 1. The molecule has 1 aliphatic rings. The van der Waals surface area contributed by atoms with Crippen molar-refractivity contribution in [2.24, 2.45) is 0 Å². The zero-order valence-corrected chi connectivity index (χ0v) is 11.9. The average molecular weight is 278 g/mol. The van der Waals surface area contributed by atoms with Crippen molar-refractivity contribution in [1.29, 1.82) is 0 Å². The Labute approximate surface area is 119 Å². The van der Waals surface area contributed by atoms with Crippen LogP contribution in [-0.2, 0) is 4.79 Å². The fraction of sp³-hybridized carbons (Fsp3) is 0.533.